The zero-order valence-corrected chi connectivity index (χ0v) is 15.3. The molecule has 0 saturated carbocycles. The number of hydrogen-bond donors (Lipinski definition) is 3. The molecule has 0 aromatic heterocycles. The van der Waals surface area contributed by atoms with Crippen molar-refractivity contribution in [3.63, 3.8) is 0 Å². The van der Waals surface area contributed by atoms with Gasteiger partial charge in [0.1, 0.15) is 0 Å². The molecular formula is C19H26B2O4. The lowest BCUT2D eigenvalue weighted by Crippen LogP contribution is -2.29. The maximum absolute atomic E-state index is 9.39. The van der Waals surface area contributed by atoms with Gasteiger partial charge in [-0.1, -0.05) is 70.2 Å². The molecule has 0 fully saturated rings. The van der Waals surface area contributed by atoms with Crippen LogP contribution in [0.5, 0.6) is 0 Å². The van der Waals surface area contributed by atoms with Crippen LogP contribution in [0.4, 0.5) is 0 Å². The fourth-order valence-electron chi connectivity index (χ4n) is 2.66. The molecule has 3 rings (SSSR count). The van der Waals surface area contributed by atoms with Gasteiger partial charge >= 0.3 is 14.2 Å². The second-order valence-corrected chi connectivity index (χ2v) is 6.97. The van der Waals surface area contributed by atoms with E-state index in [0.717, 1.165) is 11.0 Å². The first-order chi connectivity index (χ1) is 11.8. The van der Waals surface area contributed by atoms with Gasteiger partial charge in [-0.2, -0.15) is 0 Å². The Morgan fingerprint density at radius 1 is 0.920 bits per heavy atom. The van der Waals surface area contributed by atoms with Crippen LogP contribution in [-0.2, 0) is 11.3 Å². The van der Waals surface area contributed by atoms with Gasteiger partial charge in [0.15, 0.2) is 0 Å². The molecular weight excluding hydrogens is 314 g/mol. The largest absolute Gasteiger partial charge is 0.491 e. The van der Waals surface area contributed by atoms with Crippen molar-refractivity contribution in [3.05, 3.63) is 59.2 Å². The highest BCUT2D eigenvalue weighted by molar-refractivity contribution is 6.61. The molecule has 0 aliphatic carbocycles. The Bertz CT molecular complexity index is 657. The van der Waals surface area contributed by atoms with E-state index in [2.05, 4.69) is 39.8 Å². The summed E-state index contributed by atoms with van der Waals surface area (Å²) in [5, 5.41) is 27.0. The van der Waals surface area contributed by atoms with Crippen molar-refractivity contribution in [3.8, 4) is 0 Å². The number of benzene rings is 2. The van der Waals surface area contributed by atoms with Crippen LogP contribution in [0.3, 0.4) is 0 Å². The molecule has 0 unspecified atom stereocenters. The molecule has 0 saturated heterocycles. The molecule has 0 amide bonds. The average Bonchev–Trinajstić information content (AvgIpc) is 2.96. The minimum absolute atomic E-state index is 0.481. The Morgan fingerprint density at radius 2 is 1.48 bits per heavy atom. The van der Waals surface area contributed by atoms with E-state index >= 15 is 0 Å². The predicted octanol–water partition coefficient (Wildman–Crippen LogP) is 1.52. The van der Waals surface area contributed by atoms with Crippen LogP contribution in [0.25, 0.3) is 0 Å². The Kier molecular flexibility index (Phi) is 6.85. The van der Waals surface area contributed by atoms with Gasteiger partial charge in [0.25, 0.3) is 0 Å². The van der Waals surface area contributed by atoms with Crippen molar-refractivity contribution < 1.29 is 19.7 Å². The molecule has 0 bridgehead atoms. The van der Waals surface area contributed by atoms with Crippen LogP contribution in [0.1, 0.15) is 56.2 Å². The minimum atomic E-state index is -1.36. The van der Waals surface area contributed by atoms with Gasteiger partial charge in [-0.05, 0) is 39.5 Å². The van der Waals surface area contributed by atoms with Gasteiger partial charge in [-0.3, -0.25) is 0 Å². The molecule has 1 heterocycles. The van der Waals surface area contributed by atoms with Crippen molar-refractivity contribution in [1.82, 2.24) is 0 Å². The van der Waals surface area contributed by atoms with Crippen LogP contribution >= 0.6 is 0 Å². The molecule has 1 aliphatic heterocycles. The summed E-state index contributed by atoms with van der Waals surface area (Å²) in [5.41, 5.74) is 5.10. The number of hydrogen-bond acceptors (Lipinski definition) is 4. The van der Waals surface area contributed by atoms with Crippen molar-refractivity contribution in [2.45, 2.75) is 46.1 Å². The van der Waals surface area contributed by atoms with Crippen molar-refractivity contribution >= 4 is 25.2 Å². The Hall–Kier alpha value is -1.59. The van der Waals surface area contributed by atoms with E-state index in [9.17, 15) is 5.02 Å². The van der Waals surface area contributed by atoms with E-state index < -0.39 is 14.2 Å². The van der Waals surface area contributed by atoms with E-state index in [1.807, 2.05) is 18.2 Å². The average molecular weight is 340 g/mol. The maximum atomic E-state index is 9.39. The fourth-order valence-corrected chi connectivity index (χ4v) is 2.66. The lowest BCUT2D eigenvalue weighted by molar-refractivity contribution is 0.275. The Morgan fingerprint density at radius 3 is 2.00 bits per heavy atom. The van der Waals surface area contributed by atoms with Crippen LogP contribution < -0.4 is 10.9 Å². The van der Waals surface area contributed by atoms with Crippen LogP contribution in [0.15, 0.2) is 42.5 Å². The van der Waals surface area contributed by atoms with Crippen LogP contribution in [0.2, 0.25) is 0 Å². The summed E-state index contributed by atoms with van der Waals surface area (Å²) in [4.78, 5) is 0. The first kappa shape index (κ1) is 19.7. The summed E-state index contributed by atoms with van der Waals surface area (Å²) >= 11 is 0. The molecule has 4 nitrogen and oxygen atoms in total. The maximum Gasteiger partial charge on any atom is 0.491 e. The van der Waals surface area contributed by atoms with Gasteiger partial charge < -0.3 is 19.7 Å². The number of rotatable bonds is 3. The summed E-state index contributed by atoms with van der Waals surface area (Å²) < 4.78 is 5.11. The van der Waals surface area contributed by atoms with Gasteiger partial charge in [0.05, 0.1) is 6.61 Å². The third-order valence-corrected chi connectivity index (χ3v) is 4.40. The topological polar surface area (TPSA) is 69.9 Å². The van der Waals surface area contributed by atoms with Crippen LogP contribution in [-0.4, -0.2) is 29.3 Å². The normalized spacial score (nSPS) is 12.9. The van der Waals surface area contributed by atoms with Crippen molar-refractivity contribution in [2.75, 3.05) is 0 Å². The molecule has 0 atom stereocenters. The molecule has 2 aromatic carbocycles. The highest BCUT2D eigenvalue weighted by Crippen LogP contribution is 2.18. The first-order valence-corrected chi connectivity index (χ1v) is 8.68. The van der Waals surface area contributed by atoms with Gasteiger partial charge in [-0.15, -0.1) is 0 Å². The molecule has 25 heavy (non-hydrogen) atoms. The Balaban J connectivity index is 0.000000181. The highest BCUT2D eigenvalue weighted by atomic mass is 16.5. The molecule has 0 radical (unpaired) electrons. The molecule has 0 spiro atoms. The summed E-state index contributed by atoms with van der Waals surface area (Å²) in [5.74, 6) is 1.01. The summed E-state index contributed by atoms with van der Waals surface area (Å²) in [6.07, 6.45) is 0. The summed E-state index contributed by atoms with van der Waals surface area (Å²) in [6.45, 7) is 9.06. The fraction of sp³-hybridized carbons (Fsp3) is 0.368. The van der Waals surface area contributed by atoms with Gasteiger partial charge in [0, 0.05) is 0 Å². The van der Waals surface area contributed by atoms with Gasteiger partial charge in [0.2, 0.25) is 0 Å². The quantitative estimate of drug-likeness (QED) is 0.741. The smallest absolute Gasteiger partial charge is 0.423 e. The molecule has 1 aliphatic rings. The van der Waals surface area contributed by atoms with Crippen LogP contribution in [0, 0.1) is 0 Å². The van der Waals surface area contributed by atoms with E-state index in [1.165, 1.54) is 11.1 Å². The standard InChI is InChI=1S/C10H13BO2.C9H13BO2/c1-7(2)8-3-4-10-9(5-8)6-13-11(10)12;1-7(2)8-3-5-9(6-4-8)10(11)12/h3-5,7,12H,6H2,1-2H3;3-7,11-12H,1-2H3. The number of fused-ring (bicyclic) bond motifs is 1. The predicted molar refractivity (Wildman–Crippen MR) is 103 cm³/mol. The van der Waals surface area contributed by atoms with Crippen molar-refractivity contribution in [2.24, 2.45) is 0 Å². The first-order valence-electron chi connectivity index (χ1n) is 8.68. The lowest BCUT2D eigenvalue weighted by atomic mass is 9.78. The van der Waals surface area contributed by atoms with Gasteiger partial charge in [-0.25, -0.2) is 0 Å². The summed E-state index contributed by atoms with van der Waals surface area (Å²) in [7, 11) is -2.07. The third-order valence-electron chi connectivity index (χ3n) is 4.40. The minimum Gasteiger partial charge on any atom is -0.423 e. The molecule has 3 N–H and O–H groups in total. The second-order valence-electron chi connectivity index (χ2n) is 6.97. The van der Waals surface area contributed by atoms with E-state index in [4.69, 9.17) is 14.7 Å². The van der Waals surface area contributed by atoms with E-state index in [-0.39, 0.29) is 0 Å². The highest BCUT2D eigenvalue weighted by Gasteiger charge is 2.27. The Labute approximate surface area is 150 Å². The molecule has 6 heteroatoms. The summed E-state index contributed by atoms with van der Waals surface area (Å²) in [6, 6.07) is 13.4. The van der Waals surface area contributed by atoms with E-state index in [1.54, 1.807) is 12.1 Å². The van der Waals surface area contributed by atoms with Crippen molar-refractivity contribution in [1.29, 1.82) is 0 Å². The SMILES string of the molecule is CC(C)c1ccc(B(O)O)cc1.CC(C)c1ccc2c(c1)COB2O. The third kappa shape index (κ3) is 5.19. The zero-order valence-electron chi connectivity index (χ0n) is 15.3. The molecule has 2 aromatic rings. The monoisotopic (exact) mass is 340 g/mol. The lowest BCUT2D eigenvalue weighted by Gasteiger charge is -2.06. The zero-order chi connectivity index (χ0) is 18.6. The second kappa shape index (κ2) is 8.68. The van der Waals surface area contributed by atoms with E-state index in [0.29, 0.717) is 23.9 Å². The molecule has 132 valence electrons.